The number of benzene rings is 2. The molecular weight excluding hydrogens is 386 g/mol. The summed E-state index contributed by atoms with van der Waals surface area (Å²) in [5, 5.41) is 5.32. The second-order valence-corrected chi connectivity index (χ2v) is 8.11. The van der Waals surface area contributed by atoms with Crippen molar-refractivity contribution in [2.75, 3.05) is 18.8 Å². The predicted molar refractivity (Wildman–Crippen MR) is 122 cm³/mol. The monoisotopic (exact) mass is 411 g/mol. The SMILES string of the molecule is Nc1cc2ccccc2nc1C1CCCN(C(=O)c2ccccc2Cn2cccn2)C1. The van der Waals surface area contributed by atoms with E-state index in [1.807, 2.05) is 76.4 Å². The fraction of sp³-hybridized carbons (Fsp3) is 0.240. The zero-order valence-corrected chi connectivity index (χ0v) is 17.3. The van der Waals surface area contributed by atoms with Crippen molar-refractivity contribution in [1.29, 1.82) is 0 Å². The zero-order valence-electron chi connectivity index (χ0n) is 17.3. The highest BCUT2D eigenvalue weighted by Gasteiger charge is 2.28. The van der Waals surface area contributed by atoms with Gasteiger partial charge in [0.05, 0.1) is 23.4 Å². The summed E-state index contributed by atoms with van der Waals surface area (Å²) in [4.78, 5) is 20.3. The molecular formula is C25H25N5O. The van der Waals surface area contributed by atoms with E-state index in [2.05, 4.69) is 5.10 Å². The Morgan fingerprint density at radius 3 is 2.81 bits per heavy atom. The lowest BCUT2D eigenvalue weighted by Crippen LogP contribution is -2.40. The number of pyridine rings is 1. The number of hydrogen-bond acceptors (Lipinski definition) is 4. The van der Waals surface area contributed by atoms with E-state index < -0.39 is 0 Å². The van der Waals surface area contributed by atoms with E-state index in [9.17, 15) is 4.79 Å². The van der Waals surface area contributed by atoms with Crippen molar-refractivity contribution in [1.82, 2.24) is 19.7 Å². The fourth-order valence-electron chi connectivity index (χ4n) is 4.46. The summed E-state index contributed by atoms with van der Waals surface area (Å²) in [5.74, 6) is 0.201. The number of piperidine rings is 1. The van der Waals surface area contributed by atoms with Crippen LogP contribution in [-0.4, -0.2) is 38.7 Å². The molecule has 1 fully saturated rings. The molecule has 3 heterocycles. The Bertz CT molecular complexity index is 1220. The number of para-hydroxylation sites is 1. The number of likely N-dealkylation sites (tertiary alicyclic amines) is 1. The number of nitrogen functional groups attached to an aromatic ring is 1. The fourth-order valence-corrected chi connectivity index (χ4v) is 4.46. The Balaban J connectivity index is 1.40. The molecule has 1 aliphatic rings. The predicted octanol–water partition coefficient (Wildman–Crippen LogP) is 4.08. The average molecular weight is 412 g/mol. The van der Waals surface area contributed by atoms with Gasteiger partial charge < -0.3 is 10.6 Å². The first-order chi connectivity index (χ1) is 15.2. The van der Waals surface area contributed by atoms with Crippen LogP contribution in [0.15, 0.2) is 73.1 Å². The molecule has 2 aromatic heterocycles. The van der Waals surface area contributed by atoms with E-state index in [1.54, 1.807) is 6.20 Å². The van der Waals surface area contributed by atoms with Gasteiger partial charge in [-0.25, -0.2) is 0 Å². The van der Waals surface area contributed by atoms with Crippen molar-refractivity contribution in [3.05, 3.63) is 89.9 Å². The summed E-state index contributed by atoms with van der Waals surface area (Å²) >= 11 is 0. The van der Waals surface area contributed by atoms with Gasteiger partial charge in [-0.1, -0.05) is 36.4 Å². The van der Waals surface area contributed by atoms with Crippen LogP contribution in [0.4, 0.5) is 5.69 Å². The van der Waals surface area contributed by atoms with Crippen molar-refractivity contribution in [3.63, 3.8) is 0 Å². The lowest BCUT2D eigenvalue weighted by atomic mass is 9.92. The smallest absolute Gasteiger partial charge is 0.254 e. The summed E-state index contributed by atoms with van der Waals surface area (Å²) < 4.78 is 1.84. The van der Waals surface area contributed by atoms with Crippen molar-refractivity contribution in [3.8, 4) is 0 Å². The van der Waals surface area contributed by atoms with Gasteiger partial charge in [0.2, 0.25) is 0 Å². The minimum atomic E-state index is 0.0619. The van der Waals surface area contributed by atoms with Gasteiger partial charge in [0.15, 0.2) is 0 Å². The second kappa shape index (κ2) is 8.22. The van der Waals surface area contributed by atoms with Crippen molar-refractivity contribution in [2.24, 2.45) is 0 Å². The van der Waals surface area contributed by atoms with Crippen LogP contribution in [0.25, 0.3) is 10.9 Å². The molecule has 31 heavy (non-hydrogen) atoms. The van der Waals surface area contributed by atoms with Gasteiger partial charge in [-0.05, 0) is 42.7 Å². The number of anilines is 1. The largest absolute Gasteiger partial charge is 0.397 e. The number of nitrogens with two attached hydrogens (primary N) is 1. The molecule has 6 nitrogen and oxygen atoms in total. The molecule has 1 amide bonds. The maximum absolute atomic E-state index is 13.5. The first kappa shape index (κ1) is 19.3. The Morgan fingerprint density at radius 1 is 1.10 bits per heavy atom. The van der Waals surface area contributed by atoms with Crippen molar-refractivity contribution < 1.29 is 4.79 Å². The molecule has 1 atom stereocenters. The third-order valence-electron chi connectivity index (χ3n) is 6.02. The molecule has 0 radical (unpaired) electrons. The topological polar surface area (TPSA) is 77.0 Å². The molecule has 1 saturated heterocycles. The van der Waals surface area contributed by atoms with Crippen LogP contribution in [0.2, 0.25) is 0 Å². The summed E-state index contributed by atoms with van der Waals surface area (Å²) in [6.45, 7) is 1.95. The Morgan fingerprint density at radius 2 is 1.94 bits per heavy atom. The molecule has 2 aromatic carbocycles. The highest BCUT2D eigenvalue weighted by atomic mass is 16.2. The van der Waals surface area contributed by atoms with Gasteiger partial charge >= 0.3 is 0 Å². The van der Waals surface area contributed by atoms with Crippen molar-refractivity contribution >= 4 is 22.5 Å². The van der Waals surface area contributed by atoms with Crippen LogP contribution in [-0.2, 0) is 6.54 Å². The molecule has 1 aliphatic heterocycles. The molecule has 4 aromatic rings. The molecule has 5 rings (SSSR count). The summed E-state index contributed by atoms with van der Waals surface area (Å²) in [7, 11) is 0. The quantitative estimate of drug-likeness (QED) is 0.549. The summed E-state index contributed by atoms with van der Waals surface area (Å²) in [6.07, 6.45) is 5.58. The maximum atomic E-state index is 13.5. The first-order valence-electron chi connectivity index (χ1n) is 10.7. The number of amides is 1. The zero-order chi connectivity index (χ0) is 21.2. The Kier molecular flexibility index (Phi) is 5.12. The molecule has 1 unspecified atom stereocenters. The van der Waals surface area contributed by atoms with E-state index in [-0.39, 0.29) is 11.8 Å². The Labute approximate surface area is 181 Å². The minimum Gasteiger partial charge on any atom is -0.397 e. The van der Waals surface area contributed by atoms with Gasteiger partial charge in [0.25, 0.3) is 5.91 Å². The number of fused-ring (bicyclic) bond motifs is 1. The van der Waals surface area contributed by atoms with Crippen LogP contribution >= 0.6 is 0 Å². The van der Waals surface area contributed by atoms with Gasteiger partial charge in [-0.15, -0.1) is 0 Å². The van der Waals surface area contributed by atoms with E-state index in [0.717, 1.165) is 47.1 Å². The van der Waals surface area contributed by atoms with E-state index in [4.69, 9.17) is 10.7 Å². The van der Waals surface area contributed by atoms with Gasteiger partial charge in [0, 0.05) is 42.4 Å². The lowest BCUT2D eigenvalue weighted by molar-refractivity contribution is 0.0705. The van der Waals surface area contributed by atoms with E-state index in [0.29, 0.717) is 18.8 Å². The van der Waals surface area contributed by atoms with Gasteiger partial charge in [0.1, 0.15) is 0 Å². The molecule has 0 spiro atoms. The molecule has 0 bridgehead atoms. The summed E-state index contributed by atoms with van der Waals surface area (Å²) in [5.41, 5.74) is 10.6. The highest BCUT2D eigenvalue weighted by molar-refractivity contribution is 5.96. The number of nitrogens with zero attached hydrogens (tertiary/aromatic N) is 4. The maximum Gasteiger partial charge on any atom is 0.254 e. The number of hydrogen-bond donors (Lipinski definition) is 1. The van der Waals surface area contributed by atoms with Crippen LogP contribution in [0.3, 0.4) is 0 Å². The number of carbonyl (C=O) groups is 1. The molecule has 2 N–H and O–H groups in total. The van der Waals surface area contributed by atoms with Gasteiger partial charge in [-0.3, -0.25) is 14.5 Å². The lowest BCUT2D eigenvalue weighted by Gasteiger charge is -2.33. The number of carbonyl (C=O) groups excluding carboxylic acids is 1. The van der Waals surface area contributed by atoms with E-state index >= 15 is 0 Å². The first-order valence-corrected chi connectivity index (χ1v) is 10.7. The van der Waals surface area contributed by atoms with Crippen LogP contribution < -0.4 is 5.73 Å². The Hall–Kier alpha value is -3.67. The van der Waals surface area contributed by atoms with Crippen LogP contribution in [0.5, 0.6) is 0 Å². The second-order valence-electron chi connectivity index (χ2n) is 8.11. The van der Waals surface area contributed by atoms with Crippen LogP contribution in [0.1, 0.15) is 40.4 Å². The standard InChI is InChI=1S/C25H25N5O/c26-22-15-18-7-2-4-11-23(18)28-24(22)20-9-5-13-29(16-20)25(31)21-10-3-1-8-19(21)17-30-14-6-12-27-30/h1-4,6-8,10-12,14-15,20H,5,9,13,16-17,26H2. The molecule has 6 heteroatoms. The summed E-state index contributed by atoms with van der Waals surface area (Å²) in [6, 6.07) is 19.7. The number of rotatable bonds is 4. The number of aromatic nitrogens is 3. The molecule has 0 saturated carbocycles. The third-order valence-corrected chi connectivity index (χ3v) is 6.02. The molecule has 156 valence electrons. The van der Waals surface area contributed by atoms with Gasteiger partial charge in [-0.2, -0.15) is 5.10 Å². The highest BCUT2D eigenvalue weighted by Crippen LogP contribution is 2.32. The average Bonchev–Trinajstić information content (AvgIpc) is 3.32. The third kappa shape index (κ3) is 3.89. The minimum absolute atomic E-state index is 0.0619. The van der Waals surface area contributed by atoms with Crippen LogP contribution in [0, 0.1) is 0 Å². The molecule has 0 aliphatic carbocycles. The normalized spacial score (nSPS) is 16.5. The van der Waals surface area contributed by atoms with Crippen molar-refractivity contribution in [2.45, 2.75) is 25.3 Å². The van der Waals surface area contributed by atoms with E-state index in [1.165, 1.54) is 0 Å².